The summed E-state index contributed by atoms with van der Waals surface area (Å²) in [7, 11) is 0. The smallest absolute Gasteiger partial charge is 0.360 e. The van der Waals surface area contributed by atoms with Crippen LogP contribution >= 0.6 is 11.8 Å². The first-order valence-corrected chi connectivity index (χ1v) is 7.83. The summed E-state index contributed by atoms with van der Waals surface area (Å²) in [6.45, 7) is 4.29. The minimum atomic E-state index is -0.434. The van der Waals surface area contributed by atoms with Gasteiger partial charge in [0, 0.05) is 11.3 Å². The highest BCUT2D eigenvalue weighted by Gasteiger charge is 2.28. The fourth-order valence-corrected chi connectivity index (χ4v) is 3.71. The van der Waals surface area contributed by atoms with Crippen LogP contribution in [-0.4, -0.2) is 33.1 Å². The summed E-state index contributed by atoms with van der Waals surface area (Å²) in [5, 5.41) is 0.697. The third-order valence-electron chi connectivity index (χ3n) is 3.45. The van der Waals surface area contributed by atoms with Gasteiger partial charge in [0.05, 0.1) is 12.9 Å². The molecule has 2 atom stereocenters. The van der Waals surface area contributed by atoms with E-state index in [1.807, 2.05) is 16.3 Å². The van der Waals surface area contributed by atoms with Gasteiger partial charge in [-0.05, 0) is 31.9 Å². The van der Waals surface area contributed by atoms with Gasteiger partial charge < -0.3 is 15.0 Å². The number of nitrogens with two attached hydrogens (primary N) is 1. The molecule has 0 saturated heterocycles. The molecule has 0 radical (unpaired) electrons. The summed E-state index contributed by atoms with van der Waals surface area (Å²) in [5.74, 6) is 1.15. The molecule has 0 aromatic carbocycles. The lowest BCUT2D eigenvalue weighted by atomic mass is 10.2. The monoisotopic (exact) mass is 283 g/mol. The van der Waals surface area contributed by atoms with E-state index in [4.69, 9.17) is 10.5 Å². The molecule has 1 aliphatic carbocycles. The first-order chi connectivity index (χ1) is 9.17. The van der Waals surface area contributed by atoms with Crippen LogP contribution in [0, 0.1) is 0 Å². The van der Waals surface area contributed by atoms with E-state index >= 15 is 0 Å². The SMILES string of the molecule is CCOC(=O)c1ncn(C2CCC(SCC)C2)c1N. The number of thioether (sulfide) groups is 1. The second-order valence-electron chi connectivity index (χ2n) is 4.65. The molecule has 5 nitrogen and oxygen atoms in total. The predicted molar refractivity (Wildman–Crippen MR) is 77.4 cm³/mol. The highest BCUT2D eigenvalue weighted by Crippen LogP contribution is 2.38. The van der Waals surface area contributed by atoms with E-state index in [-0.39, 0.29) is 5.69 Å². The van der Waals surface area contributed by atoms with Gasteiger partial charge in [-0.2, -0.15) is 11.8 Å². The van der Waals surface area contributed by atoms with Crippen molar-refractivity contribution in [3.63, 3.8) is 0 Å². The third-order valence-corrected chi connectivity index (χ3v) is 4.69. The molecule has 0 amide bonds. The van der Waals surface area contributed by atoms with Crippen molar-refractivity contribution in [2.45, 2.75) is 44.4 Å². The second-order valence-corrected chi connectivity index (χ2v) is 6.23. The molecule has 1 aromatic rings. The van der Waals surface area contributed by atoms with Gasteiger partial charge in [-0.3, -0.25) is 0 Å². The van der Waals surface area contributed by atoms with Gasteiger partial charge >= 0.3 is 5.97 Å². The molecule has 6 heteroatoms. The number of imidazole rings is 1. The lowest BCUT2D eigenvalue weighted by molar-refractivity contribution is 0.0521. The van der Waals surface area contributed by atoms with Crippen molar-refractivity contribution in [2.75, 3.05) is 18.1 Å². The zero-order valence-corrected chi connectivity index (χ0v) is 12.3. The Morgan fingerprint density at radius 2 is 2.37 bits per heavy atom. The van der Waals surface area contributed by atoms with Crippen LogP contribution in [0.3, 0.4) is 0 Å². The molecule has 1 aromatic heterocycles. The Morgan fingerprint density at radius 3 is 3.05 bits per heavy atom. The Balaban J connectivity index is 2.08. The van der Waals surface area contributed by atoms with Crippen LogP contribution < -0.4 is 5.73 Å². The molecule has 2 N–H and O–H groups in total. The standard InChI is InChI=1S/C13H21N3O2S/c1-3-18-13(17)11-12(14)16(8-15-11)9-5-6-10(7-9)19-4-2/h8-10H,3-7,14H2,1-2H3. The van der Waals surface area contributed by atoms with E-state index < -0.39 is 5.97 Å². The van der Waals surface area contributed by atoms with Crippen LogP contribution in [0.4, 0.5) is 5.82 Å². The Hall–Kier alpha value is -1.17. The van der Waals surface area contributed by atoms with Crippen LogP contribution in [-0.2, 0) is 4.74 Å². The molecular formula is C13H21N3O2S. The predicted octanol–water partition coefficient (Wildman–Crippen LogP) is 2.49. The van der Waals surface area contributed by atoms with Crippen LogP contribution in [0.25, 0.3) is 0 Å². The van der Waals surface area contributed by atoms with Gasteiger partial charge in [-0.25, -0.2) is 9.78 Å². The Bertz CT molecular complexity index is 447. The summed E-state index contributed by atoms with van der Waals surface area (Å²) in [6, 6.07) is 0.361. The lowest BCUT2D eigenvalue weighted by Gasteiger charge is -2.14. The highest BCUT2D eigenvalue weighted by atomic mass is 32.2. The molecule has 1 fully saturated rings. The number of nitrogens with zero attached hydrogens (tertiary/aromatic N) is 2. The average Bonchev–Trinajstić information content (AvgIpc) is 2.96. The van der Waals surface area contributed by atoms with Crippen molar-refractivity contribution >= 4 is 23.5 Å². The van der Waals surface area contributed by atoms with E-state index in [1.54, 1.807) is 13.3 Å². The van der Waals surface area contributed by atoms with E-state index in [2.05, 4.69) is 11.9 Å². The molecule has 106 valence electrons. The summed E-state index contributed by atoms with van der Waals surface area (Å²) >= 11 is 2.00. The van der Waals surface area contributed by atoms with Crippen LogP contribution in [0.2, 0.25) is 0 Å². The van der Waals surface area contributed by atoms with Crippen LogP contribution in [0.5, 0.6) is 0 Å². The van der Waals surface area contributed by atoms with E-state index in [1.165, 1.54) is 6.42 Å². The fraction of sp³-hybridized carbons (Fsp3) is 0.692. The third kappa shape index (κ3) is 3.05. The van der Waals surface area contributed by atoms with Gasteiger partial charge in [0.15, 0.2) is 5.69 Å². The highest BCUT2D eigenvalue weighted by molar-refractivity contribution is 7.99. The minimum Gasteiger partial charge on any atom is -0.461 e. The first-order valence-electron chi connectivity index (χ1n) is 6.78. The number of hydrogen-bond acceptors (Lipinski definition) is 5. The summed E-state index contributed by atoms with van der Waals surface area (Å²) < 4.78 is 6.88. The quantitative estimate of drug-likeness (QED) is 0.841. The molecule has 0 bridgehead atoms. The van der Waals surface area contributed by atoms with E-state index in [9.17, 15) is 4.79 Å². The number of nitrogen functional groups attached to an aromatic ring is 1. The minimum absolute atomic E-state index is 0.244. The van der Waals surface area contributed by atoms with Crippen molar-refractivity contribution in [2.24, 2.45) is 0 Å². The molecular weight excluding hydrogens is 262 g/mol. The zero-order valence-electron chi connectivity index (χ0n) is 11.5. The Morgan fingerprint density at radius 1 is 1.58 bits per heavy atom. The lowest BCUT2D eigenvalue weighted by Crippen LogP contribution is -2.12. The molecule has 1 aliphatic rings. The van der Waals surface area contributed by atoms with Crippen molar-refractivity contribution < 1.29 is 9.53 Å². The largest absolute Gasteiger partial charge is 0.461 e. The van der Waals surface area contributed by atoms with Gasteiger partial charge in [0.1, 0.15) is 5.82 Å². The number of esters is 1. The normalized spacial score (nSPS) is 22.6. The molecule has 1 saturated carbocycles. The number of hydrogen-bond donors (Lipinski definition) is 1. The first kappa shape index (κ1) is 14.2. The molecule has 0 aliphatic heterocycles. The maximum Gasteiger partial charge on any atom is 0.360 e. The zero-order chi connectivity index (χ0) is 13.8. The van der Waals surface area contributed by atoms with Crippen LogP contribution in [0.15, 0.2) is 6.33 Å². The van der Waals surface area contributed by atoms with Crippen molar-refractivity contribution in [3.05, 3.63) is 12.0 Å². The van der Waals surface area contributed by atoms with Crippen molar-refractivity contribution in [1.29, 1.82) is 0 Å². The van der Waals surface area contributed by atoms with Gasteiger partial charge in [-0.1, -0.05) is 6.92 Å². The maximum atomic E-state index is 11.7. The Kier molecular flexibility index (Phi) is 4.74. The number of anilines is 1. The van der Waals surface area contributed by atoms with Crippen molar-refractivity contribution in [1.82, 2.24) is 9.55 Å². The summed E-state index contributed by atoms with van der Waals surface area (Å²) in [4.78, 5) is 15.8. The molecule has 2 unspecified atom stereocenters. The topological polar surface area (TPSA) is 70.1 Å². The number of ether oxygens (including phenoxy) is 1. The van der Waals surface area contributed by atoms with Gasteiger partial charge in [0.2, 0.25) is 0 Å². The molecule has 1 heterocycles. The van der Waals surface area contributed by atoms with Gasteiger partial charge in [-0.15, -0.1) is 0 Å². The molecule has 19 heavy (non-hydrogen) atoms. The number of aromatic nitrogens is 2. The Labute approximate surface area is 117 Å². The molecule has 0 spiro atoms. The maximum absolute atomic E-state index is 11.7. The van der Waals surface area contributed by atoms with E-state index in [0.717, 1.165) is 18.6 Å². The van der Waals surface area contributed by atoms with Crippen LogP contribution in [0.1, 0.15) is 49.6 Å². The van der Waals surface area contributed by atoms with Gasteiger partial charge in [0.25, 0.3) is 0 Å². The number of rotatable bonds is 5. The van der Waals surface area contributed by atoms with E-state index in [0.29, 0.717) is 23.7 Å². The summed E-state index contributed by atoms with van der Waals surface area (Å²) in [5.41, 5.74) is 6.27. The second kappa shape index (κ2) is 6.32. The average molecular weight is 283 g/mol. The molecule has 2 rings (SSSR count). The number of carbonyl (C=O) groups is 1. The summed E-state index contributed by atoms with van der Waals surface area (Å²) in [6.07, 6.45) is 5.07. The van der Waals surface area contributed by atoms with Crippen molar-refractivity contribution in [3.8, 4) is 0 Å². The fourth-order valence-electron chi connectivity index (χ4n) is 2.58. The number of carbonyl (C=O) groups excluding carboxylic acids is 1.